The van der Waals surface area contributed by atoms with Gasteiger partial charge in [0.25, 0.3) is 10.0 Å². The number of benzene rings is 1. The summed E-state index contributed by atoms with van der Waals surface area (Å²) in [5.74, 6) is -0.613. The van der Waals surface area contributed by atoms with E-state index >= 15 is 0 Å². The minimum atomic E-state index is -3.72. The normalized spacial score (nSPS) is 11.1. The Bertz CT molecular complexity index is 451. The first-order chi connectivity index (χ1) is 6.95. The van der Waals surface area contributed by atoms with Gasteiger partial charge in [-0.05, 0) is 17.7 Å². The van der Waals surface area contributed by atoms with Crippen LogP contribution in [0.25, 0.3) is 0 Å². The van der Waals surface area contributed by atoms with Gasteiger partial charge < -0.3 is 5.73 Å². The highest BCUT2D eigenvalue weighted by Crippen LogP contribution is 2.09. The van der Waals surface area contributed by atoms with Gasteiger partial charge in [0.15, 0.2) is 0 Å². The summed E-state index contributed by atoms with van der Waals surface area (Å²) in [4.78, 5) is 10.7. The van der Waals surface area contributed by atoms with Crippen molar-refractivity contribution in [3.8, 4) is 0 Å². The lowest BCUT2D eigenvalue weighted by Gasteiger charge is -2.04. The molecule has 1 rings (SSSR count). The fourth-order valence-corrected chi connectivity index (χ4v) is 2.04. The molecular weight excluding hydrogens is 216 g/mol. The van der Waals surface area contributed by atoms with Crippen molar-refractivity contribution in [2.45, 2.75) is 18.4 Å². The maximum Gasteiger partial charge on any atom is 0.264 e. The number of rotatable bonds is 3. The molecule has 0 saturated carbocycles. The van der Waals surface area contributed by atoms with Gasteiger partial charge in [0.2, 0.25) is 5.91 Å². The molecule has 5 nitrogen and oxygen atoms in total. The molecule has 0 fully saturated rings. The van der Waals surface area contributed by atoms with Crippen LogP contribution in [0.15, 0.2) is 29.2 Å². The van der Waals surface area contributed by atoms with Crippen LogP contribution in [0.5, 0.6) is 0 Å². The maximum absolute atomic E-state index is 11.5. The van der Waals surface area contributed by atoms with E-state index in [4.69, 9.17) is 5.73 Å². The van der Waals surface area contributed by atoms with E-state index in [1.165, 1.54) is 12.1 Å². The van der Waals surface area contributed by atoms with Gasteiger partial charge in [-0.1, -0.05) is 12.1 Å². The van der Waals surface area contributed by atoms with Crippen LogP contribution in [0.4, 0.5) is 0 Å². The van der Waals surface area contributed by atoms with Crippen LogP contribution in [-0.2, 0) is 21.4 Å². The van der Waals surface area contributed by atoms with Crippen molar-refractivity contribution in [2.75, 3.05) is 0 Å². The molecule has 0 radical (unpaired) electrons. The summed E-state index contributed by atoms with van der Waals surface area (Å²) in [6, 6.07) is 6.03. The highest BCUT2D eigenvalue weighted by Gasteiger charge is 2.14. The van der Waals surface area contributed by atoms with E-state index in [0.717, 1.165) is 12.5 Å². The van der Waals surface area contributed by atoms with Crippen LogP contribution in [0.2, 0.25) is 0 Å². The van der Waals surface area contributed by atoms with Crippen molar-refractivity contribution in [3.05, 3.63) is 29.8 Å². The second kappa shape index (κ2) is 4.41. The molecule has 0 aliphatic carbocycles. The standard InChI is InChI=1S/C9H12N2O3S/c1-7(12)11-15(13,14)9-4-2-8(6-10)3-5-9/h2-5H,6,10H2,1H3,(H,11,12). The number of hydrogen-bond donors (Lipinski definition) is 2. The number of nitrogens with one attached hydrogen (secondary N) is 1. The molecule has 0 aliphatic heterocycles. The van der Waals surface area contributed by atoms with Gasteiger partial charge in [-0.25, -0.2) is 13.1 Å². The SMILES string of the molecule is CC(=O)NS(=O)(=O)c1ccc(CN)cc1. The fraction of sp³-hybridized carbons (Fsp3) is 0.222. The van der Waals surface area contributed by atoms with Crippen molar-refractivity contribution in [1.82, 2.24) is 4.72 Å². The van der Waals surface area contributed by atoms with E-state index in [1.54, 1.807) is 12.1 Å². The lowest BCUT2D eigenvalue weighted by atomic mass is 10.2. The number of nitrogens with two attached hydrogens (primary N) is 1. The Kier molecular flexibility index (Phi) is 3.43. The van der Waals surface area contributed by atoms with Crippen LogP contribution in [-0.4, -0.2) is 14.3 Å². The second-order valence-corrected chi connectivity index (χ2v) is 4.69. The second-order valence-electron chi connectivity index (χ2n) is 3.01. The zero-order chi connectivity index (χ0) is 11.5. The van der Waals surface area contributed by atoms with E-state index in [2.05, 4.69) is 0 Å². The van der Waals surface area contributed by atoms with Crippen LogP contribution in [0, 0.1) is 0 Å². The number of hydrogen-bond acceptors (Lipinski definition) is 4. The third kappa shape index (κ3) is 3.03. The smallest absolute Gasteiger partial charge is 0.264 e. The van der Waals surface area contributed by atoms with Crippen molar-refractivity contribution < 1.29 is 13.2 Å². The minimum absolute atomic E-state index is 0.0508. The molecule has 82 valence electrons. The summed E-state index contributed by atoms with van der Waals surface area (Å²) in [7, 11) is -3.72. The van der Waals surface area contributed by atoms with Crippen molar-refractivity contribution in [2.24, 2.45) is 5.73 Å². The molecule has 0 unspecified atom stereocenters. The monoisotopic (exact) mass is 228 g/mol. The zero-order valence-electron chi connectivity index (χ0n) is 8.23. The van der Waals surface area contributed by atoms with Crippen LogP contribution >= 0.6 is 0 Å². The number of carbonyl (C=O) groups excluding carboxylic acids is 1. The first-order valence-corrected chi connectivity index (χ1v) is 5.76. The quantitative estimate of drug-likeness (QED) is 0.760. The van der Waals surface area contributed by atoms with E-state index in [0.29, 0.717) is 6.54 Å². The summed E-state index contributed by atoms with van der Waals surface area (Å²) in [5.41, 5.74) is 6.20. The molecule has 1 aromatic rings. The number of amides is 1. The zero-order valence-corrected chi connectivity index (χ0v) is 9.04. The summed E-state index contributed by atoms with van der Waals surface area (Å²) >= 11 is 0. The molecule has 0 saturated heterocycles. The van der Waals surface area contributed by atoms with Crippen molar-refractivity contribution >= 4 is 15.9 Å². The van der Waals surface area contributed by atoms with E-state index < -0.39 is 15.9 Å². The van der Waals surface area contributed by atoms with Gasteiger partial charge in [-0.15, -0.1) is 0 Å². The summed E-state index contributed by atoms with van der Waals surface area (Å²) in [5, 5.41) is 0. The molecule has 15 heavy (non-hydrogen) atoms. The molecule has 0 aliphatic rings. The predicted molar refractivity (Wildman–Crippen MR) is 55.3 cm³/mol. The first kappa shape index (κ1) is 11.7. The Balaban J connectivity index is 3.01. The van der Waals surface area contributed by atoms with Gasteiger partial charge in [0.05, 0.1) is 4.90 Å². The highest BCUT2D eigenvalue weighted by atomic mass is 32.2. The average molecular weight is 228 g/mol. The highest BCUT2D eigenvalue weighted by molar-refractivity contribution is 7.90. The maximum atomic E-state index is 11.5. The Hall–Kier alpha value is -1.40. The van der Waals surface area contributed by atoms with Crippen LogP contribution in [0.3, 0.4) is 0 Å². The van der Waals surface area contributed by atoms with Crippen LogP contribution < -0.4 is 10.5 Å². The Morgan fingerprint density at radius 3 is 2.27 bits per heavy atom. The third-order valence-corrected chi connectivity index (χ3v) is 3.20. The molecule has 0 aromatic heterocycles. The van der Waals surface area contributed by atoms with E-state index in [1.807, 2.05) is 4.72 Å². The van der Waals surface area contributed by atoms with Gasteiger partial charge in [0, 0.05) is 13.5 Å². The topological polar surface area (TPSA) is 89.3 Å². The lowest BCUT2D eigenvalue weighted by molar-refractivity contribution is -0.117. The Labute approximate surface area is 88.3 Å². The largest absolute Gasteiger partial charge is 0.326 e. The van der Waals surface area contributed by atoms with Gasteiger partial charge >= 0.3 is 0 Å². The summed E-state index contributed by atoms with van der Waals surface area (Å²) in [6.07, 6.45) is 0. The Morgan fingerprint density at radius 2 is 1.87 bits per heavy atom. The average Bonchev–Trinajstić information content (AvgIpc) is 2.16. The molecule has 0 heterocycles. The number of sulfonamides is 1. The summed E-state index contributed by atoms with van der Waals surface area (Å²) < 4.78 is 24.8. The molecule has 6 heteroatoms. The van der Waals surface area contributed by atoms with Gasteiger partial charge in [-0.2, -0.15) is 0 Å². The van der Waals surface area contributed by atoms with Crippen LogP contribution in [0.1, 0.15) is 12.5 Å². The fourth-order valence-electron chi connectivity index (χ4n) is 1.05. The number of carbonyl (C=O) groups is 1. The van der Waals surface area contributed by atoms with E-state index in [9.17, 15) is 13.2 Å². The molecule has 0 spiro atoms. The first-order valence-electron chi connectivity index (χ1n) is 4.28. The van der Waals surface area contributed by atoms with E-state index in [-0.39, 0.29) is 4.90 Å². The molecule has 1 amide bonds. The molecule has 3 N–H and O–H groups in total. The minimum Gasteiger partial charge on any atom is -0.326 e. The molecule has 1 aromatic carbocycles. The summed E-state index contributed by atoms with van der Waals surface area (Å²) in [6.45, 7) is 1.49. The third-order valence-electron chi connectivity index (χ3n) is 1.75. The molecular formula is C9H12N2O3S. The predicted octanol–water partition coefficient (Wildman–Crippen LogP) is -0.0299. The molecule has 0 atom stereocenters. The lowest BCUT2D eigenvalue weighted by Crippen LogP contribution is -2.28. The van der Waals surface area contributed by atoms with Gasteiger partial charge in [-0.3, -0.25) is 4.79 Å². The molecule has 0 bridgehead atoms. The van der Waals surface area contributed by atoms with Crippen molar-refractivity contribution in [1.29, 1.82) is 0 Å². The van der Waals surface area contributed by atoms with Gasteiger partial charge in [0.1, 0.15) is 0 Å². The Morgan fingerprint density at radius 1 is 1.33 bits per heavy atom. The van der Waals surface area contributed by atoms with Crippen molar-refractivity contribution in [3.63, 3.8) is 0 Å².